The summed E-state index contributed by atoms with van der Waals surface area (Å²) in [6.07, 6.45) is 0. The number of anilines is 1. The molecule has 2 aromatic rings. The molecule has 0 heterocycles. The molecule has 0 aliphatic heterocycles. The lowest BCUT2D eigenvalue weighted by Gasteiger charge is -2.08. The van der Waals surface area contributed by atoms with E-state index in [0.29, 0.717) is 10.5 Å². The van der Waals surface area contributed by atoms with Crippen molar-refractivity contribution in [3.63, 3.8) is 0 Å². The summed E-state index contributed by atoms with van der Waals surface area (Å²) in [5, 5.41) is 2.46. The summed E-state index contributed by atoms with van der Waals surface area (Å²) in [7, 11) is 0. The maximum atomic E-state index is 13.0. The Balaban J connectivity index is 2.28. The molecule has 2 aromatic carbocycles. The lowest BCUT2D eigenvalue weighted by molar-refractivity contribution is 0.102. The van der Waals surface area contributed by atoms with Gasteiger partial charge in [0.05, 0.1) is 0 Å². The van der Waals surface area contributed by atoms with Crippen LogP contribution in [0, 0.1) is 18.6 Å². The monoisotopic (exact) mass is 279 g/mol. The molecule has 19 heavy (non-hydrogen) atoms. The van der Waals surface area contributed by atoms with Crippen LogP contribution in [0.5, 0.6) is 0 Å². The first-order chi connectivity index (χ1) is 8.95. The molecule has 2 rings (SSSR count). The average molecular weight is 279 g/mol. The topological polar surface area (TPSA) is 29.1 Å². The number of halogens is 2. The smallest absolute Gasteiger partial charge is 0.255 e. The van der Waals surface area contributed by atoms with Crippen molar-refractivity contribution in [3.8, 4) is 0 Å². The van der Waals surface area contributed by atoms with Crippen molar-refractivity contribution >= 4 is 24.2 Å². The van der Waals surface area contributed by atoms with Crippen molar-refractivity contribution in [1.82, 2.24) is 0 Å². The minimum Gasteiger partial charge on any atom is -0.322 e. The third-order valence-corrected chi connectivity index (χ3v) is 2.86. The molecule has 0 aliphatic carbocycles. The van der Waals surface area contributed by atoms with Crippen LogP contribution in [0.2, 0.25) is 0 Å². The van der Waals surface area contributed by atoms with E-state index in [0.717, 1.165) is 23.8 Å². The molecule has 5 heteroatoms. The summed E-state index contributed by atoms with van der Waals surface area (Å²) in [5.74, 6) is -1.91. The summed E-state index contributed by atoms with van der Waals surface area (Å²) in [6, 6.07) is 7.97. The van der Waals surface area contributed by atoms with Gasteiger partial charge in [-0.1, -0.05) is 6.07 Å². The second kappa shape index (κ2) is 5.40. The van der Waals surface area contributed by atoms with Crippen LogP contribution in [-0.4, -0.2) is 5.91 Å². The van der Waals surface area contributed by atoms with Crippen molar-refractivity contribution in [2.24, 2.45) is 0 Å². The molecular weight excluding hydrogens is 268 g/mol. The number of hydrogen-bond acceptors (Lipinski definition) is 2. The Kier molecular flexibility index (Phi) is 3.85. The predicted octanol–water partition coefficient (Wildman–Crippen LogP) is 3.81. The van der Waals surface area contributed by atoms with E-state index in [1.807, 2.05) is 0 Å². The normalized spacial score (nSPS) is 10.3. The molecule has 0 aromatic heterocycles. The van der Waals surface area contributed by atoms with Gasteiger partial charge in [-0.3, -0.25) is 4.79 Å². The number of carbonyl (C=O) groups excluding carboxylic acids is 1. The number of thiol groups is 1. The maximum Gasteiger partial charge on any atom is 0.255 e. The lowest BCUT2D eigenvalue weighted by atomic mass is 10.1. The van der Waals surface area contributed by atoms with Gasteiger partial charge in [0.1, 0.15) is 11.6 Å². The molecule has 0 atom stereocenters. The van der Waals surface area contributed by atoms with Gasteiger partial charge in [-0.05, 0) is 36.8 Å². The highest BCUT2D eigenvalue weighted by Gasteiger charge is 2.11. The van der Waals surface area contributed by atoms with E-state index in [1.165, 1.54) is 0 Å². The summed E-state index contributed by atoms with van der Waals surface area (Å²) in [6.45, 7) is 1.77. The predicted molar refractivity (Wildman–Crippen MR) is 72.7 cm³/mol. The van der Waals surface area contributed by atoms with Gasteiger partial charge in [0.15, 0.2) is 0 Å². The fourth-order valence-corrected chi connectivity index (χ4v) is 1.88. The first-order valence-corrected chi connectivity index (χ1v) is 5.97. The van der Waals surface area contributed by atoms with Crippen LogP contribution in [0.3, 0.4) is 0 Å². The van der Waals surface area contributed by atoms with Gasteiger partial charge in [-0.25, -0.2) is 8.78 Å². The minimum absolute atomic E-state index is 0.0754. The number of carbonyl (C=O) groups is 1. The van der Waals surface area contributed by atoms with Gasteiger partial charge >= 0.3 is 0 Å². The zero-order chi connectivity index (χ0) is 14.0. The largest absolute Gasteiger partial charge is 0.322 e. The molecule has 0 bridgehead atoms. The second-order valence-electron chi connectivity index (χ2n) is 4.11. The van der Waals surface area contributed by atoms with Crippen molar-refractivity contribution < 1.29 is 13.6 Å². The van der Waals surface area contributed by atoms with Gasteiger partial charge in [0.2, 0.25) is 0 Å². The highest BCUT2D eigenvalue weighted by Crippen LogP contribution is 2.18. The van der Waals surface area contributed by atoms with Gasteiger partial charge in [0, 0.05) is 22.2 Å². The number of rotatable bonds is 2. The Hall–Kier alpha value is -1.88. The number of nitrogens with one attached hydrogen (secondary N) is 1. The number of hydrogen-bond donors (Lipinski definition) is 2. The summed E-state index contributed by atoms with van der Waals surface area (Å²) in [5.41, 5.74) is 1.25. The van der Waals surface area contributed by atoms with Gasteiger partial charge in [0.25, 0.3) is 5.91 Å². The Morgan fingerprint density at radius 3 is 2.37 bits per heavy atom. The molecular formula is C14H11F2NOS. The van der Waals surface area contributed by atoms with Crippen LogP contribution < -0.4 is 5.32 Å². The van der Waals surface area contributed by atoms with Crippen LogP contribution in [0.25, 0.3) is 0 Å². The average Bonchev–Trinajstić information content (AvgIpc) is 2.30. The van der Waals surface area contributed by atoms with Crippen LogP contribution in [-0.2, 0) is 0 Å². The summed E-state index contributed by atoms with van der Waals surface area (Å²) < 4.78 is 26.0. The van der Waals surface area contributed by atoms with Crippen molar-refractivity contribution in [3.05, 3.63) is 59.2 Å². The highest BCUT2D eigenvalue weighted by atomic mass is 32.1. The molecule has 1 amide bonds. The highest BCUT2D eigenvalue weighted by molar-refractivity contribution is 7.80. The van der Waals surface area contributed by atoms with Gasteiger partial charge in [-0.2, -0.15) is 0 Å². The molecule has 0 spiro atoms. The third-order valence-electron chi connectivity index (χ3n) is 2.59. The lowest BCUT2D eigenvalue weighted by Crippen LogP contribution is -2.13. The molecule has 0 saturated carbocycles. The van der Waals surface area contributed by atoms with Crippen LogP contribution >= 0.6 is 12.6 Å². The molecule has 0 radical (unpaired) electrons. The fraction of sp³-hybridized carbons (Fsp3) is 0.0714. The van der Waals surface area contributed by atoms with E-state index < -0.39 is 17.5 Å². The first kappa shape index (κ1) is 13.5. The van der Waals surface area contributed by atoms with E-state index in [-0.39, 0.29) is 5.69 Å². The quantitative estimate of drug-likeness (QED) is 0.804. The van der Waals surface area contributed by atoms with E-state index in [9.17, 15) is 13.6 Å². The number of benzene rings is 2. The van der Waals surface area contributed by atoms with Crippen LogP contribution in [0.1, 0.15) is 15.9 Å². The number of amides is 1. The molecule has 2 nitrogen and oxygen atoms in total. The molecule has 1 N–H and O–H groups in total. The molecule has 0 saturated heterocycles. The van der Waals surface area contributed by atoms with Crippen LogP contribution in [0.15, 0.2) is 41.3 Å². The number of aryl methyl sites for hydroxylation is 1. The van der Waals surface area contributed by atoms with E-state index >= 15 is 0 Å². The minimum atomic E-state index is -0.741. The van der Waals surface area contributed by atoms with Crippen LogP contribution in [0.4, 0.5) is 14.5 Å². The second-order valence-corrected chi connectivity index (χ2v) is 4.63. The fourth-order valence-electron chi connectivity index (χ4n) is 1.68. The zero-order valence-corrected chi connectivity index (χ0v) is 11.0. The third kappa shape index (κ3) is 3.32. The Morgan fingerprint density at radius 2 is 1.74 bits per heavy atom. The van der Waals surface area contributed by atoms with E-state index in [1.54, 1.807) is 25.1 Å². The molecule has 0 aliphatic rings. The molecule has 98 valence electrons. The van der Waals surface area contributed by atoms with Crippen molar-refractivity contribution in [2.75, 3.05) is 5.32 Å². The van der Waals surface area contributed by atoms with E-state index in [2.05, 4.69) is 17.9 Å². The maximum absolute atomic E-state index is 13.0. The van der Waals surface area contributed by atoms with Crippen molar-refractivity contribution in [2.45, 2.75) is 11.8 Å². The SMILES string of the molecule is Cc1ccc(S)cc1C(=O)Nc1cc(F)cc(F)c1. The standard InChI is InChI=1S/C14H11F2NOS/c1-8-2-3-12(19)7-13(8)14(18)17-11-5-9(15)4-10(16)6-11/h2-7,19H,1H3,(H,17,18). The Morgan fingerprint density at radius 1 is 1.11 bits per heavy atom. The van der Waals surface area contributed by atoms with E-state index in [4.69, 9.17) is 0 Å². The summed E-state index contributed by atoms with van der Waals surface area (Å²) >= 11 is 4.15. The Labute approximate surface area is 114 Å². The Bertz CT molecular complexity index is 623. The zero-order valence-electron chi connectivity index (χ0n) is 10.1. The van der Waals surface area contributed by atoms with Gasteiger partial charge < -0.3 is 5.32 Å². The molecule has 0 fully saturated rings. The van der Waals surface area contributed by atoms with Gasteiger partial charge in [-0.15, -0.1) is 12.6 Å². The molecule has 0 unspecified atom stereocenters. The van der Waals surface area contributed by atoms with Crippen molar-refractivity contribution in [1.29, 1.82) is 0 Å². The first-order valence-electron chi connectivity index (χ1n) is 5.53. The summed E-state index contributed by atoms with van der Waals surface area (Å²) in [4.78, 5) is 12.7.